The van der Waals surface area contributed by atoms with E-state index in [1.54, 1.807) is 0 Å². The molecule has 1 saturated heterocycles. The predicted octanol–water partition coefficient (Wildman–Crippen LogP) is 5.01. The lowest BCUT2D eigenvalue weighted by atomic mass is 9.97. The third kappa shape index (κ3) is 6.03. The number of hydrogen-bond acceptors (Lipinski definition) is 5. The van der Waals surface area contributed by atoms with Crippen LogP contribution >= 0.6 is 0 Å². The summed E-state index contributed by atoms with van der Waals surface area (Å²) in [5.74, 6) is 0.723. The maximum Gasteiger partial charge on any atom is 0.235 e. The number of hydrogen-bond donors (Lipinski definition) is 0. The minimum absolute atomic E-state index is 0.446. The van der Waals surface area contributed by atoms with Gasteiger partial charge in [-0.05, 0) is 46.0 Å². The molecule has 0 amide bonds. The molecule has 3 aromatic rings. The molecule has 164 valence electrons. The minimum Gasteiger partial charge on any atom is -0.489 e. The Labute approximate surface area is 187 Å². The number of benzene rings is 3. The highest BCUT2D eigenvalue weighted by Crippen LogP contribution is 2.30. The van der Waals surface area contributed by atoms with Crippen LogP contribution in [0.2, 0.25) is 0 Å². The summed E-state index contributed by atoms with van der Waals surface area (Å²) >= 11 is 0. The second kappa shape index (κ2) is 10.7. The second-order valence-corrected chi connectivity index (χ2v) is 7.71. The van der Waals surface area contributed by atoms with Gasteiger partial charge in [0.25, 0.3) is 0 Å². The zero-order chi connectivity index (χ0) is 22.2. The van der Waals surface area contributed by atoms with E-state index in [1.807, 2.05) is 60.7 Å². The first-order valence-electron chi connectivity index (χ1n) is 10.7. The van der Waals surface area contributed by atoms with Gasteiger partial charge >= 0.3 is 0 Å². The van der Waals surface area contributed by atoms with Crippen molar-refractivity contribution in [3.63, 3.8) is 0 Å². The van der Waals surface area contributed by atoms with E-state index in [-0.39, 0.29) is 0 Å². The molecule has 0 bridgehead atoms. The Bertz CT molecular complexity index is 1080. The predicted molar refractivity (Wildman–Crippen MR) is 125 cm³/mol. The second-order valence-electron chi connectivity index (χ2n) is 7.71. The maximum atomic E-state index is 10.9. The molecule has 32 heavy (non-hydrogen) atoms. The van der Waals surface area contributed by atoms with Crippen LogP contribution in [0.3, 0.4) is 0 Å². The van der Waals surface area contributed by atoms with Crippen molar-refractivity contribution in [3.05, 3.63) is 106 Å². The van der Waals surface area contributed by atoms with Gasteiger partial charge in [-0.1, -0.05) is 54.6 Å². The summed E-state index contributed by atoms with van der Waals surface area (Å²) in [5, 5.41) is 10.9. The van der Waals surface area contributed by atoms with Crippen LogP contribution in [0, 0.1) is 10.1 Å². The zero-order valence-corrected chi connectivity index (χ0v) is 17.9. The molecule has 0 spiro atoms. The van der Waals surface area contributed by atoms with E-state index < -0.39 is 4.92 Å². The van der Waals surface area contributed by atoms with Crippen molar-refractivity contribution in [1.29, 1.82) is 0 Å². The first-order valence-corrected chi connectivity index (χ1v) is 10.7. The first-order chi connectivity index (χ1) is 15.7. The normalized spacial score (nSPS) is 14.5. The summed E-state index contributed by atoms with van der Waals surface area (Å²) < 4.78 is 11.4. The summed E-state index contributed by atoms with van der Waals surface area (Å²) in [7, 11) is 0. The van der Waals surface area contributed by atoms with Gasteiger partial charge in [0.2, 0.25) is 6.20 Å². The highest BCUT2D eigenvalue weighted by Gasteiger charge is 2.12. The molecule has 0 saturated carbocycles. The van der Waals surface area contributed by atoms with Crippen LogP contribution in [0.4, 0.5) is 0 Å². The molecule has 1 heterocycles. The molecule has 0 radical (unpaired) electrons. The van der Waals surface area contributed by atoms with Gasteiger partial charge in [0, 0.05) is 25.7 Å². The number of nitro groups is 1. The molecule has 4 rings (SSSR count). The lowest BCUT2D eigenvalue weighted by molar-refractivity contribution is -0.400. The average molecular weight is 431 g/mol. The van der Waals surface area contributed by atoms with Crippen molar-refractivity contribution in [2.45, 2.75) is 13.2 Å². The lowest BCUT2D eigenvalue weighted by Gasteiger charge is -2.26. The molecule has 6 nitrogen and oxygen atoms in total. The van der Waals surface area contributed by atoms with E-state index in [0.29, 0.717) is 6.61 Å². The lowest BCUT2D eigenvalue weighted by Crippen LogP contribution is -2.35. The smallest absolute Gasteiger partial charge is 0.235 e. The highest BCUT2D eigenvalue weighted by atomic mass is 16.6. The Balaban J connectivity index is 1.60. The first kappa shape index (κ1) is 21.7. The van der Waals surface area contributed by atoms with Crippen LogP contribution in [0.25, 0.3) is 17.2 Å². The third-order valence-electron chi connectivity index (χ3n) is 5.40. The van der Waals surface area contributed by atoms with E-state index >= 15 is 0 Å². The Hall–Kier alpha value is -3.48. The topological polar surface area (TPSA) is 64.8 Å². The molecular formula is C26H26N2O4. The van der Waals surface area contributed by atoms with Gasteiger partial charge in [-0.15, -0.1) is 0 Å². The van der Waals surface area contributed by atoms with Crippen LogP contribution in [0.5, 0.6) is 5.75 Å². The van der Waals surface area contributed by atoms with Crippen molar-refractivity contribution in [1.82, 2.24) is 4.90 Å². The number of ether oxygens (including phenoxy) is 2. The van der Waals surface area contributed by atoms with Crippen molar-refractivity contribution in [2.75, 3.05) is 26.3 Å². The summed E-state index contributed by atoms with van der Waals surface area (Å²) in [4.78, 5) is 12.8. The van der Waals surface area contributed by atoms with Crippen molar-refractivity contribution in [3.8, 4) is 16.9 Å². The molecule has 3 aromatic carbocycles. The van der Waals surface area contributed by atoms with Gasteiger partial charge in [-0.2, -0.15) is 0 Å². The van der Waals surface area contributed by atoms with Crippen LogP contribution < -0.4 is 4.74 Å². The largest absolute Gasteiger partial charge is 0.489 e. The third-order valence-corrected chi connectivity index (χ3v) is 5.40. The van der Waals surface area contributed by atoms with E-state index in [0.717, 1.165) is 67.1 Å². The van der Waals surface area contributed by atoms with Gasteiger partial charge in [0.1, 0.15) is 12.4 Å². The van der Waals surface area contributed by atoms with Gasteiger partial charge < -0.3 is 9.47 Å². The quantitative estimate of drug-likeness (QED) is 0.371. The maximum absolute atomic E-state index is 10.9. The monoisotopic (exact) mass is 430 g/mol. The minimum atomic E-state index is -0.446. The molecule has 1 aliphatic rings. The fraction of sp³-hybridized carbons (Fsp3) is 0.231. The standard InChI is InChI=1S/C26H26N2O4/c29-28(30)12-11-23-9-10-25(32-20-21-5-2-1-3-6-21)18-26(23)24-8-4-7-22(17-24)19-27-13-15-31-16-14-27/h1-12,17-18H,13-16,19-20H2/b12-11+. The van der Waals surface area contributed by atoms with Gasteiger partial charge in [-0.25, -0.2) is 0 Å². The molecule has 6 heteroatoms. The van der Waals surface area contributed by atoms with Gasteiger partial charge in [0.05, 0.1) is 18.1 Å². The van der Waals surface area contributed by atoms with E-state index in [1.165, 1.54) is 11.6 Å². The van der Waals surface area contributed by atoms with Crippen molar-refractivity contribution >= 4 is 6.08 Å². The highest BCUT2D eigenvalue weighted by molar-refractivity contribution is 5.76. The molecule has 0 N–H and O–H groups in total. The molecule has 0 aromatic heterocycles. The summed E-state index contributed by atoms with van der Waals surface area (Å²) in [6.07, 6.45) is 2.51. The molecule has 0 aliphatic carbocycles. The van der Waals surface area contributed by atoms with Crippen LogP contribution in [0.15, 0.2) is 79.0 Å². The molecule has 0 unspecified atom stereocenters. The fourth-order valence-corrected chi connectivity index (χ4v) is 3.76. The van der Waals surface area contributed by atoms with Gasteiger partial charge in [-0.3, -0.25) is 15.0 Å². The summed E-state index contributed by atoms with van der Waals surface area (Å²) in [6.45, 7) is 4.67. The fourth-order valence-electron chi connectivity index (χ4n) is 3.76. The number of morpholine rings is 1. The molecule has 1 fully saturated rings. The molecular weight excluding hydrogens is 404 g/mol. The Morgan fingerprint density at radius 2 is 1.75 bits per heavy atom. The Kier molecular flexibility index (Phi) is 7.27. The van der Waals surface area contributed by atoms with Crippen molar-refractivity contribution < 1.29 is 14.4 Å². The van der Waals surface area contributed by atoms with Crippen molar-refractivity contribution in [2.24, 2.45) is 0 Å². The SMILES string of the molecule is O=[N+]([O-])/C=C/c1ccc(OCc2ccccc2)cc1-c1cccc(CN2CCOCC2)c1. The van der Waals surface area contributed by atoms with E-state index in [4.69, 9.17) is 9.47 Å². The van der Waals surface area contributed by atoms with Gasteiger partial charge in [0.15, 0.2) is 0 Å². The van der Waals surface area contributed by atoms with E-state index in [2.05, 4.69) is 17.0 Å². The molecule has 1 aliphatic heterocycles. The van der Waals surface area contributed by atoms with Crippen LogP contribution in [0.1, 0.15) is 16.7 Å². The average Bonchev–Trinajstić information content (AvgIpc) is 2.83. The summed E-state index contributed by atoms with van der Waals surface area (Å²) in [5.41, 5.74) is 4.96. The van der Waals surface area contributed by atoms with Crippen LogP contribution in [-0.4, -0.2) is 36.1 Å². The number of nitrogens with zero attached hydrogens (tertiary/aromatic N) is 2. The van der Waals surface area contributed by atoms with Crippen LogP contribution in [-0.2, 0) is 17.9 Å². The Morgan fingerprint density at radius 3 is 2.53 bits per heavy atom. The Morgan fingerprint density at radius 1 is 0.969 bits per heavy atom. The van der Waals surface area contributed by atoms with E-state index in [9.17, 15) is 10.1 Å². The zero-order valence-electron chi connectivity index (χ0n) is 17.9. The number of rotatable bonds is 8. The summed E-state index contributed by atoms with van der Waals surface area (Å²) in [6, 6.07) is 24.0. The molecule has 0 atom stereocenters.